The van der Waals surface area contributed by atoms with E-state index in [4.69, 9.17) is 0 Å². The van der Waals surface area contributed by atoms with Crippen LogP contribution in [0.2, 0.25) is 0 Å². The molecule has 0 spiro atoms. The Kier molecular flexibility index (Phi) is 6.09. The summed E-state index contributed by atoms with van der Waals surface area (Å²) in [6.45, 7) is 11.0. The Bertz CT molecular complexity index is 252. The SMILES string of the molecule is CC(C)N(C(=O)CN(C)C1CCCNC1)C(C)C. The van der Waals surface area contributed by atoms with Crippen LogP contribution in [0.5, 0.6) is 0 Å². The minimum absolute atomic E-state index is 0.244. The van der Waals surface area contributed by atoms with E-state index in [1.807, 2.05) is 4.90 Å². The molecule has 1 N–H and O–H groups in total. The lowest BCUT2D eigenvalue weighted by atomic mass is 10.1. The third kappa shape index (κ3) is 4.25. The molecule has 0 aliphatic carbocycles. The molecule has 1 saturated heterocycles. The van der Waals surface area contributed by atoms with Crippen molar-refractivity contribution in [3.63, 3.8) is 0 Å². The molecule has 18 heavy (non-hydrogen) atoms. The summed E-state index contributed by atoms with van der Waals surface area (Å²) in [5.41, 5.74) is 0. The van der Waals surface area contributed by atoms with Crippen molar-refractivity contribution in [2.45, 2.75) is 58.7 Å². The lowest BCUT2D eigenvalue weighted by molar-refractivity contribution is -0.136. The van der Waals surface area contributed by atoms with Crippen LogP contribution in [0, 0.1) is 0 Å². The third-order valence-electron chi connectivity index (χ3n) is 3.68. The monoisotopic (exact) mass is 255 g/mol. The molecule has 1 heterocycles. The second-order valence-electron chi connectivity index (χ2n) is 5.90. The van der Waals surface area contributed by atoms with Crippen LogP contribution in [-0.2, 0) is 4.79 Å². The van der Waals surface area contributed by atoms with Gasteiger partial charge in [-0.2, -0.15) is 0 Å². The van der Waals surface area contributed by atoms with Crippen LogP contribution >= 0.6 is 0 Å². The van der Waals surface area contributed by atoms with Crippen molar-refractivity contribution in [3.8, 4) is 0 Å². The van der Waals surface area contributed by atoms with Crippen LogP contribution in [0.4, 0.5) is 0 Å². The number of amides is 1. The molecule has 1 aliphatic heterocycles. The van der Waals surface area contributed by atoms with E-state index in [1.165, 1.54) is 12.8 Å². The van der Waals surface area contributed by atoms with Crippen molar-refractivity contribution >= 4 is 5.91 Å². The van der Waals surface area contributed by atoms with Crippen LogP contribution in [0.15, 0.2) is 0 Å². The Morgan fingerprint density at radius 2 is 1.89 bits per heavy atom. The van der Waals surface area contributed by atoms with Gasteiger partial charge in [0.05, 0.1) is 6.54 Å². The van der Waals surface area contributed by atoms with Gasteiger partial charge in [-0.1, -0.05) is 0 Å². The highest BCUT2D eigenvalue weighted by Gasteiger charge is 2.24. The van der Waals surface area contributed by atoms with Gasteiger partial charge in [-0.15, -0.1) is 0 Å². The predicted molar refractivity (Wildman–Crippen MR) is 75.6 cm³/mol. The summed E-state index contributed by atoms with van der Waals surface area (Å²) in [7, 11) is 2.06. The summed E-state index contributed by atoms with van der Waals surface area (Å²) in [6, 6.07) is 1.05. The van der Waals surface area contributed by atoms with Crippen molar-refractivity contribution in [2.75, 3.05) is 26.7 Å². The van der Waals surface area contributed by atoms with Gasteiger partial charge in [0.25, 0.3) is 0 Å². The maximum Gasteiger partial charge on any atom is 0.237 e. The van der Waals surface area contributed by atoms with Crippen LogP contribution in [0.3, 0.4) is 0 Å². The van der Waals surface area contributed by atoms with Crippen LogP contribution in [0.1, 0.15) is 40.5 Å². The quantitative estimate of drug-likeness (QED) is 0.805. The molecule has 0 aromatic carbocycles. The van der Waals surface area contributed by atoms with E-state index in [0.717, 1.165) is 13.1 Å². The predicted octanol–water partition coefficient (Wildman–Crippen LogP) is 1.32. The molecule has 1 fully saturated rings. The summed E-state index contributed by atoms with van der Waals surface area (Å²) in [5.74, 6) is 0.244. The Balaban J connectivity index is 2.51. The first kappa shape index (κ1) is 15.4. The molecular weight excluding hydrogens is 226 g/mol. The number of hydrogen-bond acceptors (Lipinski definition) is 3. The molecule has 0 saturated carbocycles. The first-order valence-corrected chi connectivity index (χ1v) is 7.15. The molecule has 1 unspecified atom stereocenters. The van der Waals surface area contributed by atoms with Crippen molar-refractivity contribution in [1.29, 1.82) is 0 Å². The topological polar surface area (TPSA) is 35.6 Å². The zero-order valence-corrected chi connectivity index (χ0v) is 12.6. The van der Waals surface area contributed by atoms with Crippen LogP contribution in [0.25, 0.3) is 0 Å². The fourth-order valence-electron chi connectivity index (χ4n) is 2.81. The van der Waals surface area contributed by atoms with Crippen molar-refractivity contribution in [3.05, 3.63) is 0 Å². The fraction of sp³-hybridized carbons (Fsp3) is 0.929. The van der Waals surface area contributed by atoms with Gasteiger partial charge >= 0.3 is 0 Å². The number of carbonyl (C=O) groups excluding carboxylic acids is 1. The average molecular weight is 255 g/mol. The highest BCUT2D eigenvalue weighted by molar-refractivity contribution is 5.78. The zero-order chi connectivity index (χ0) is 13.7. The van der Waals surface area contributed by atoms with Crippen molar-refractivity contribution < 1.29 is 4.79 Å². The van der Waals surface area contributed by atoms with Gasteiger partial charge in [-0.05, 0) is 54.1 Å². The summed E-state index contributed by atoms with van der Waals surface area (Å²) in [4.78, 5) is 16.5. The Hall–Kier alpha value is -0.610. The van der Waals surface area contributed by atoms with Gasteiger partial charge in [-0.25, -0.2) is 0 Å². The van der Waals surface area contributed by atoms with Crippen molar-refractivity contribution in [1.82, 2.24) is 15.1 Å². The lowest BCUT2D eigenvalue weighted by Gasteiger charge is -2.35. The van der Waals surface area contributed by atoms with E-state index in [9.17, 15) is 4.79 Å². The Morgan fingerprint density at radius 3 is 2.33 bits per heavy atom. The van der Waals surface area contributed by atoms with Gasteiger partial charge < -0.3 is 10.2 Å². The fourth-order valence-corrected chi connectivity index (χ4v) is 2.81. The molecule has 1 atom stereocenters. The summed E-state index contributed by atoms with van der Waals surface area (Å²) in [6.07, 6.45) is 2.40. The number of piperidine rings is 1. The summed E-state index contributed by atoms with van der Waals surface area (Å²) >= 11 is 0. The second kappa shape index (κ2) is 7.10. The van der Waals surface area contributed by atoms with Gasteiger partial charge in [0.1, 0.15) is 0 Å². The second-order valence-corrected chi connectivity index (χ2v) is 5.90. The number of rotatable bonds is 5. The molecular formula is C14H29N3O. The minimum Gasteiger partial charge on any atom is -0.337 e. The Labute approximate surface area is 112 Å². The van der Waals surface area contributed by atoms with E-state index >= 15 is 0 Å². The van der Waals surface area contributed by atoms with Crippen molar-refractivity contribution in [2.24, 2.45) is 0 Å². The first-order valence-electron chi connectivity index (χ1n) is 7.15. The van der Waals surface area contributed by atoms with Gasteiger partial charge in [0, 0.05) is 24.7 Å². The average Bonchev–Trinajstić information content (AvgIpc) is 2.28. The molecule has 1 aliphatic rings. The molecule has 0 aromatic heterocycles. The highest BCUT2D eigenvalue weighted by Crippen LogP contribution is 2.11. The molecule has 0 aromatic rings. The molecule has 0 bridgehead atoms. The zero-order valence-electron chi connectivity index (χ0n) is 12.6. The van der Waals surface area contributed by atoms with Gasteiger partial charge in [-0.3, -0.25) is 9.69 Å². The number of nitrogens with zero attached hydrogens (tertiary/aromatic N) is 2. The van der Waals surface area contributed by atoms with E-state index < -0.39 is 0 Å². The van der Waals surface area contributed by atoms with E-state index in [1.54, 1.807) is 0 Å². The Morgan fingerprint density at radius 1 is 1.28 bits per heavy atom. The van der Waals surface area contributed by atoms with E-state index in [2.05, 4.69) is 45.0 Å². The lowest BCUT2D eigenvalue weighted by Crippen LogP contribution is -2.51. The number of nitrogens with one attached hydrogen (secondary N) is 1. The molecule has 1 rings (SSSR count). The molecule has 1 amide bonds. The normalized spacial score (nSPS) is 20.8. The van der Waals surface area contributed by atoms with Gasteiger partial charge in [0.15, 0.2) is 0 Å². The molecule has 4 heteroatoms. The molecule has 0 radical (unpaired) electrons. The summed E-state index contributed by atoms with van der Waals surface area (Å²) < 4.78 is 0. The molecule has 106 valence electrons. The maximum absolute atomic E-state index is 12.3. The summed E-state index contributed by atoms with van der Waals surface area (Å²) in [5, 5.41) is 3.40. The smallest absolute Gasteiger partial charge is 0.237 e. The van der Waals surface area contributed by atoms with Gasteiger partial charge in [0.2, 0.25) is 5.91 Å². The number of hydrogen-bond donors (Lipinski definition) is 1. The molecule has 4 nitrogen and oxygen atoms in total. The van der Waals surface area contributed by atoms with E-state index in [0.29, 0.717) is 12.6 Å². The number of likely N-dealkylation sites (N-methyl/N-ethyl adjacent to an activating group) is 1. The van der Waals surface area contributed by atoms with Crippen LogP contribution in [-0.4, -0.2) is 60.5 Å². The van der Waals surface area contributed by atoms with Crippen LogP contribution < -0.4 is 5.32 Å². The largest absolute Gasteiger partial charge is 0.337 e. The third-order valence-corrected chi connectivity index (χ3v) is 3.68. The first-order chi connectivity index (χ1) is 8.43. The number of carbonyl (C=O) groups is 1. The standard InChI is InChI=1S/C14H29N3O/c1-11(2)17(12(3)4)14(18)10-16(5)13-7-6-8-15-9-13/h11-13,15H,6-10H2,1-5H3. The highest BCUT2D eigenvalue weighted by atomic mass is 16.2. The maximum atomic E-state index is 12.3. The minimum atomic E-state index is 0.244. The van der Waals surface area contributed by atoms with E-state index in [-0.39, 0.29) is 18.0 Å².